The quantitative estimate of drug-likeness (QED) is 0.571. The highest BCUT2D eigenvalue weighted by molar-refractivity contribution is 6.03. The summed E-state index contributed by atoms with van der Waals surface area (Å²) in [4.78, 5) is 0. The molecule has 4 heteroatoms. The predicted octanol–water partition coefficient (Wildman–Crippen LogP) is 6.53. The van der Waals surface area contributed by atoms with Crippen LogP contribution in [0, 0.1) is 23.4 Å². The Bertz CT molecular complexity index is 836. The van der Waals surface area contributed by atoms with E-state index in [2.05, 4.69) is 6.92 Å². The molecule has 25 heavy (non-hydrogen) atoms. The molecule has 1 N–H and O–H groups in total. The van der Waals surface area contributed by atoms with Crippen LogP contribution in [-0.2, 0) is 0 Å². The van der Waals surface area contributed by atoms with Gasteiger partial charge in [0.25, 0.3) is 0 Å². The maximum atomic E-state index is 15.1. The van der Waals surface area contributed by atoms with Crippen LogP contribution in [0.15, 0.2) is 18.2 Å². The van der Waals surface area contributed by atoms with Crippen molar-refractivity contribution in [2.24, 2.45) is 5.92 Å². The van der Waals surface area contributed by atoms with E-state index in [0.717, 1.165) is 31.6 Å². The molecule has 0 bridgehead atoms. The van der Waals surface area contributed by atoms with Crippen molar-refractivity contribution in [1.82, 2.24) is 0 Å². The summed E-state index contributed by atoms with van der Waals surface area (Å²) in [6, 6.07) is 4.72. The fourth-order valence-corrected chi connectivity index (χ4v) is 4.55. The molecule has 132 valence electrons. The molecule has 0 radical (unpaired) electrons. The predicted molar refractivity (Wildman–Crippen MR) is 92.0 cm³/mol. The van der Waals surface area contributed by atoms with Crippen molar-refractivity contribution in [1.29, 1.82) is 0 Å². The third-order valence-corrected chi connectivity index (χ3v) is 5.88. The van der Waals surface area contributed by atoms with Crippen LogP contribution in [0.2, 0.25) is 0 Å². The first kappa shape index (κ1) is 16.5. The zero-order valence-electron chi connectivity index (χ0n) is 14.2. The summed E-state index contributed by atoms with van der Waals surface area (Å²) >= 11 is 0. The highest BCUT2D eigenvalue weighted by Crippen LogP contribution is 2.53. The second kappa shape index (κ2) is 6.08. The lowest BCUT2D eigenvalue weighted by Gasteiger charge is -2.32. The lowest BCUT2D eigenvalue weighted by Crippen LogP contribution is -2.16. The number of rotatable bonds is 3. The Morgan fingerprint density at radius 2 is 1.60 bits per heavy atom. The van der Waals surface area contributed by atoms with Crippen molar-refractivity contribution in [3.05, 3.63) is 41.2 Å². The van der Waals surface area contributed by atoms with E-state index in [1.807, 2.05) is 0 Å². The van der Waals surface area contributed by atoms with E-state index in [9.17, 15) is 13.9 Å². The maximum Gasteiger partial charge on any atom is 0.201 e. The van der Waals surface area contributed by atoms with Gasteiger partial charge in [-0.05, 0) is 60.3 Å². The monoisotopic (exact) mass is 346 g/mol. The second-order valence-corrected chi connectivity index (χ2v) is 7.34. The van der Waals surface area contributed by atoms with E-state index >= 15 is 4.39 Å². The van der Waals surface area contributed by atoms with Gasteiger partial charge < -0.3 is 5.11 Å². The Labute approximate surface area is 145 Å². The highest BCUT2D eigenvalue weighted by Gasteiger charge is 2.35. The second-order valence-electron chi connectivity index (χ2n) is 7.34. The van der Waals surface area contributed by atoms with E-state index < -0.39 is 23.2 Å². The number of fused-ring (bicyclic) bond motifs is 4. The molecule has 2 aliphatic carbocycles. The molecular weight excluding hydrogens is 325 g/mol. The molecule has 0 aliphatic heterocycles. The van der Waals surface area contributed by atoms with Crippen LogP contribution in [0.25, 0.3) is 22.3 Å². The number of phenolic OH excluding ortho intramolecular Hbond substituents is 1. The maximum absolute atomic E-state index is 15.1. The van der Waals surface area contributed by atoms with Gasteiger partial charge in [-0.3, -0.25) is 0 Å². The zero-order valence-corrected chi connectivity index (χ0v) is 14.2. The number of aromatic hydroxyl groups is 1. The topological polar surface area (TPSA) is 20.2 Å². The number of hydrogen-bond acceptors (Lipinski definition) is 1. The lowest BCUT2D eigenvalue weighted by molar-refractivity contribution is 0.304. The number of phenols is 1. The molecule has 2 aliphatic rings. The van der Waals surface area contributed by atoms with Crippen LogP contribution < -0.4 is 0 Å². The Balaban J connectivity index is 1.67. The van der Waals surface area contributed by atoms with Gasteiger partial charge in [0.1, 0.15) is 5.82 Å². The smallest absolute Gasteiger partial charge is 0.201 e. The van der Waals surface area contributed by atoms with Crippen LogP contribution in [0.3, 0.4) is 0 Å². The lowest BCUT2D eigenvalue weighted by atomic mass is 9.73. The molecule has 0 amide bonds. The Hall–Kier alpha value is -1.97. The fraction of sp³-hybridized carbons (Fsp3) is 0.429. The average molecular weight is 346 g/mol. The normalized spacial score (nSPS) is 21.4. The third kappa shape index (κ3) is 2.45. The first-order valence-electron chi connectivity index (χ1n) is 9.07. The third-order valence-electron chi connectivity index (χ3n) is 5.88. The molecule has 0 atom stereocenters. The molecule has 1 saturated carbocycles. The van der Waals surface area contributed by atoms with Gasteiger partial charge in [0.15, 0.2) is 11.6 Å². The van der Waals surface area contributed by atoms with E-state index in [4.69, 9.17) is 0 Å². The number of benzene rings is 2. The standard InChI is InChI=1S/C21H21F3O/c1-2-3-11-4-6-12(7-5-11)13-8-9-14-15-10-16(25)20(23)21(24)18(15)17(14)19(13)22/h8-12,25H,2-7H2,1H3. The molecular formula is C21H21F3O. The van der Waals surface area contributed by atoms with Gasteiger partial charge in [0.2, 0.25) is 5.82 Å². The Morgan fingerprint density at radius 3 is 2.28 bits per heavy atom. The van der Waals surface area contributed by atoms with Gasteiger partial charge in [0, 0.05) is 11.1 Å². The Morgan fingerprint density at radius 1 is 0.920 bits per heavy atom. The highest BCUT2D eigenvalue weighted by atomic mass is 19.2. The molecule has 4 rings (SSSR count). The van der Waals surface area contributed by atoms with E-state index in [1.54, 1.807) is 12.1 Å². The summed E-state index contributed by atoms with van der Waals surface area (Å²) in [7, 11) is 0. The molecule has 0 aromatic heterocycles. The van der Waals surface area contributed by atoms with Gasteiger partial charge in [-0.25, -0.2) is 8.78 Å². The van der Waals surface area contributed by atoms with Crippen molar-refractivity contribution in [2.75, 3.05) is 0 Å². The van der Waals surface area contributed by atoms with Crippen LogP contribution >= 0.6 is 0 Å². The molecule has 0 unspecified atom stereocenters. The fourth-order valence-electron chi connectivity index (χ4n) is 4.55. The summed E-state index contributed by atoms with van der Waals surface area (Å²) < 4.78 is 42.9. The molecule has 1 nitrogen and oxygen atoms in total. The van der Waals surface area contributed by atoms with Crippen molar-refractivity contribution in [3.63, 3.8) is 0 Å². The number of hydrogen-bond donors (Lipinski definition) is 1. The van der Waals surface area contributed by atoms with E-state index in [0.29, 0.717) is 16.7 Å². The molecule has 0 saturated heterocycles. The minimum Gasteiger partial charge on any atom is -0.505 e. The average Bonchev–Trinajstić information content (AvgIpc) is 2.60. The first-order chi connectivity index (χ1) is 12.0. The molecule has 1 fully saturated rings. The molecule has 0 spiro atoms. The van der Waals surface area contributed by atoms with E-state index in [-0.39, 0.29) is 17.0 Å². The molecule has 2 aromatic carbocycles. The zero-order chi connectivity index (χ0) is 17.7. The molecule has 0 heterocycles. The van der Waals surface area contributed by atoms with Crippen molar-refractivity contribution in [2.45, 2.75) is 51.4 Å². The van der Waals surface area contributed by atoms with Crippen molar-refractivity contribution < 1.29 is 18.3 Å². The summed E-state index contributed by atoms with van der Waals surface area (Å²) in [5.41, 5.74) is 1.67. The van der Waals surface area contributed by atoms with Crippen LogP contribution in [0.4, 0.5) is 13.2 Å². The summed E-state index contributed by atoms with van der Waals surface area (Å²) in [6.45, 7) is 2.19. The van der Waals surface area contributed by atoms with Gasteiger partial charge in [0.05, 0.1) is 0 Å². The van der Waals surface area contributed by atoms with Gasteiger partial charge in [-0.2, -0.15) is 4.39 Å². The summed E-state index contributed by atoms with van der Waals surface area (Å²) in [5.74, 6) is -2.76. The van der Waals surface area contributed by atoms with Gasteiger partial charge >= 0.3 is 0 Å². The van der Waals surface area contributed by atoms with E-state index in [1.165, 1.54) is 18.9 Å². The minimum atomic E-state index is -1.31. The van der Waals surface area contributed by atoms with Crippen molar-refractivity contribution in [3.8, 4) is 28.0 Å². The molecule has 2 aromatic rings. The minimum absolute atomic E-state index is 0.0377. The van der Waals surface area contributed by atoms with Crippen LogP contribution in [0.5, 0.6) is 5.75 Å². The number of halogens is 3. The van der Waals surface area contributed by atoms with Crippen molar-refractivity contribution >= 4 is 0 Å². The SMILES string of the molecule is CCCC1CCC(c2ccc3c(c2F)-c2c-3cc(O)c(F)c2F)CC1. The Kier molecular flexibility index (Phi) is 4.01. The summed E-state index contributed by atoms with van der Waals surface area (Å²) in [6.07, 6.45) is 6.49. The van der Waals surface area contributed by atoms with Gasteiger partial charge in [-0.15, -0.1) is 0 Å². The first-order valence-corrected chi connectivity index (χ1v) is 9.07. The van der Waals surface area contributed by atoms with Crippen LogP contribution in [-0.4, -0.2) is 5.11 Å². The van der Waals surface area contributed by atoms with Crippen LogP contribution in [0.1, 0.15) is 56.9 Å². The largest absolute Gasteiger partial charge is 0.505 e. The summed E-state index contributed by atoms with van der Waals surface area (Å²) in [5, 5.41) is 9.45. The van der Waals surface area contributed by atoms with Gasteiger partial charge in [-0.1, -0.05) is 31.9 Å².